The van der Waals surface area contributed by atoms with Gasteiger partial charge in [0.15, 0.2) is 0 Å². The fourth-order valence-corrected chi connectivity index (χ4v) is 4.18. The Morgan fingerprint density at radius 3 is 2.71 bits per heavy atom. The number of benzene rings is 1. The van der Waals surface area contributed by atoms with Crippen LogP contribution in [0.5, 0.6) is 5.75 Å². The Morgan fingerprint density at radius 2 is 2.00 bits per heavy atom. The Hall–Kier alpha value is -2.32. The first-order valence-corrected chi connectivity index (χ1v) is 12.5. The average molecular weight is 476 g/mol. The summed E-state index contributed by atoms with van der Waals surface area (Å²) in [6.07, 6.45) is 3.13. The minimum Gasteiger partial charge on any atom is -0.493 e. The van der Waals surface area contributed by atoms with E-state index in [1.807, 2.05) is 25.7 Å². The van der Waals surface area contributed by atoms with E-state index in [1.165, 1.54) is 0 Å². The van der Waals surface area contributed by atoms with E-state index < -0.39 is 6.09 Å². The van der Waals surface area contributed by atoms with Crippen LogP contribution in [0.3, 0.4) is 0 Å². The number of nitrogens with one attached hydrogen (secondary N) is 2. The number of nitrogens with zero attached hydrogens (tertiary/aromatic N) is 1. The number of amides is 2. The Bertz CT molecular complexity index is 812. The lowest BCUT2D eigenvalue weighted by atomic mass is 9.94. The average Bonchev–Trinajstić information content (AvgIpc) is 3.65. The van der Waals surface area contributed by atoms with Crippen LogP contribution < -0.4 is 15.4 Å². The summed E-state index contributed by atoms with van der Waals surface area (Å²) in [5.74, 6) is 1.13. The second-order valence-electron chi connectivity index (χ2n) is 9.92. The summed E-state index contributed by atoms with van der Waals surface area (Å²) in [4.78, 5) is 27.6. The van der Waals surface area contributed by atoms with Crippen molar-refractivity contribution >= 4 is 12.0 Å². The molecule has 1 aromatic rings. The number of aryl methyl sites for hydroxylation is 1. The van der Waals surface area contributed by atoms with Crippen molar-refractivity contribution in [2.45, 2.75) is 65.1 Å². The number of hydrogen-bond donors (Lipinski definition) is 2. The highest BCUT2D eigenvalue weighted by Crippen LogP contribution is 2.32. The number of carbonyl (C=O) groups is 2. The van der Waals surface area contributed by atoms with Crippen molar-refractivity contribution in [3.63, 3.8) is 0 Å². The fourth-order valence-electron chi connectivity index (χ4n) is 4.18. The van der Waals surface area contributed by atoms with Crippen LogP contribution in [0.2, 0.25) is 0 Å². The normalized spacial score (nSPS) is 20.1. The number of piperidine rings is 1. The lowest BCUT2D eigenvalue weighted by Gasteiger charge is -2.33. The second-order valence-corrected chi connectivity index (χ2v) is 9.92. The van der Waals surface area contributed by atoms with Gasteiger partial charge in [-0.25, -0.2) is 4.79 Å². The van der Waals surface area contributed by atoms with Gasteiger partial charge in [0.2, 0.25) is 5.91 Å². The van der Waals surface area contributed by atoms with E-state index in [9.17, 15) is 9.59 Å². The van der Waals surface area contributed by atoms with Gasteiger partial charge in [0.1, 0.15) is 5.75 Å². The molecule has 2 atom stereocenters. The summed E-state index contributed by atoms with van der Waals surface area (Å²) in [6, 6.07) is 6.37. The summed E-state index contributed by atoms with van der Waals surface area (Å²) in [5.41, 5.74) is 2.16. The van der Waals surface area contributed by atoms with Crippen LogP contribution in [0.25, 0.3) is 0 Å². The molecule has 34 heavy (non-hydrogen) atoms. The van der Waals surface area contributed by atoms with Gasteiger partial charge in [-0.15, -0.1) is 0 Å². The summed E-state index contributed by atoms with van der Waals surface area (Å²) in [5, 5.41) is 6.23. The van der Waals surface area contributed by atoms with E-state index in [0.717, 1.165) is 36.1 Å². The van der Waals surface area contributed by atoms with Crippen LogP contribution in [0, 0.1) is 18.8 Å². The van der Waals surface area contributed by atoms with Gasteiger partial charge in [-0.05, 0) is 49.3 Å². The van der Waals surface area contributed by atoms with Crippen molar-refractivity contribution in [1.82, 2.24) is 15.5 Å². The lowest BCUT2D eigenvalue weighted by molar-refractivity contribution is -0.137. The second kappa shape index (κ2) is 13.0. The van der Waals surface area contributed by atoms with Crippen molar-refractivity contribution < 1.29 is 23.8 Å². The Balaban J connectivity index is 1.58. The molecule has 0 aromatic heterocycles. The number of alkyl carbamates (subject to hydrolysis) is 1. The maximum atomic E-state index is 13.5. The molecule has 0 bridgehead atoms. The van der Waals surface area contributed by atoms with Gasteiger partial charge < -0.3 is 29.7 Å². The van der Waals surface area contributed by atoms with E-state index in [2.05, 4.69) is 28.8 Å². The third-order valence-electron chi connectivity index (χ3n) is 6.20. The molecular formula is C26H41N3O5. The third-order valence-corrected chi connectivity index (χ3v) is 6.20. The van der Waals surface area contributed by atoms with Crippen molar-refractivity contribution in [3.8, 4) is 5.75 Å². The summed E-state index contributed by atoms with van der Waals surface area (Å²) < 4.78 is 16.3. The zero-order valence-electron chi connectivity index (χ0n) is 21.1. The van der Waals surface area contributed by atoms with E-state index in [4.69, 9.17) is 14.2 Å². The highest BCUT2D eigenvalue weighted by atomic mass is 16.5. The number of rotatable bonds is 12. The standard InChI is InChI=1S/C26H41N3O5/c1-18(2)17-34-26(31)28-22-13-21(14-27-15-22)25(30)29(23-8-9-23)16-20-7-6-19(3)24(12-20)33-11-5-10-32-4/h6-7,12,18,21-23,27H,5,8-11,13-17H2,1-4H3,(H,28,31). The van der Waals surface area contributed by atoms with E-state index in [-0.39, 0.29) is 23.8 Å². The minimum absolute atomic E-state index is 0.116. The Morgan fingerprint density at radius 1 is 1.21 bits per heavy atom. The smallest absolute Gasteiger partial charge is 0.407 e. The quantitative estimate of drug-likeness (QED) is 0.451. The summed E-state index contributed by atoms with van der Waals surface area (Å²) in [6.45, 7) is 9.54. The molecule has 2 unspecified atom stereocenters. The molecule has 3 rings (SSSR count). The predicted molar refractivity (Wildman–Crippen MR) is 131 cm³/mol. The fraction of sp³-hybridized carbons (Fsp3) is 0.692. The molecule has 1 aromatic carbocycles. The first kappa shape index (κ1) is 26.3. The largest absolute Gasteiger partial charge is 0.493 e. The molecule has 1 heterocycles. The molecule has 1 aliphatic heterocycles. The van der Waals surface area contributed by atoms with Gasteiger partial charge in [-0.1, -0.05) is 26.0 Å². The molecule has 2 N–H and O–H groups in total. The summed E-state index contributed by atoms with van der Waals surface area (Å²) >= 11 is 0. The first-order valence-electron chi connectivity index (χ1n) is 12.5. The van der Waals surface area contributed by atoms with Crippen molar-refractivity contribution in [2.75, 3.05) is 40.0 Å². The molecule has 0 radical (unpaired) electrons. The maximum Gasteiger partial charge on any atom is 0.407 e. The van der Waals surface area contributed by atoms with Crippen molar-refractivity contribution in [2.24, 2.45) is 11.8 Å². The van der Waals surface area contributed by atoms with Crippen molar-refractivity contribution in [1.29, 1.82) is 0 Å². The number of hydrogen-bond acceptors (Lipinski definition) is 6. The zero-order valence-corrected chi connectivity index (χ0v) is 21.1. The maximum absolute atomic E-state index is 13.5. The van der Waals surface area contributed by atoms with Crippen LogP contribution in [0.1, 0.15) is 50.7 Å². The molecule has 8 heteroatoms. The highest BCUT2D eigenvalue weighted by Gasteiger charge is 2.38. The van der Waals surface area contributed by atoms with Gasteiger partial charge in [0, 0.05) is 51.9 Å². The molecule has 1 saturated carbocycles. The highest BCUT2D eigenvalue weighted by molar-refractivity contribution is 5.80. The van der Waals surface area contributed by atoms with E-state index >= 15 is 0 Å². The molecule has 2 aliphatic rings. The van der Waals surface area contributed by atoms with Crippen molar-refractivity contribution in [3.05, 3.63) is 29.3 Å². The van der Waals surface area contributed by atoms with Gasteiger partial charge in [-0.3, -0.25) is 4.79 Å². The molecule has 8 nitrogen and oxygen atoms in total. The third kappa shape index (κ3) is 8.17. The van der Waals surface area contributed by atoms with Gasteiger partial charge >= 0.3 is 6.09 Å². The monoisotopic (exact) mass is 475 g/mol. The number of ether oxygens (including phenoxy) is 3. The van der Waals surface area contributed by atoms with Crippen LogP contribution in [-0.2, 0) is 20.8 Å². The molecule has 2 fully saturated rings. The number of methoxy groups -OCH3 is 1. The van der Waals surface area contributed by atoms with E-state index in [0.29, 0.717) is 51.9 Å². The SMILES string of the molecule is COCCCOc1cc(CN(C(=O)C2CNCC(NC(=O)OCC(C)C)C2)C2CC2)ccc1C. The summed E-state index contributed by atoms with van der Waals surface area (Å²) in [7, 11) is 1.69. The zero-order chi connectivity index (χ0) is 24.5. The molecule has 1 saturated heterocycles. The van der Waals surface area contributed by atoms with Crippen LogP contribution in [0.4, 0.5) is 4.79 Å². The minimum atomic E-state index is -0.412. The molecule has 2 amide bonds. The van der Waals surface area contributed by atoms with E-state index in [1.54, 1.807) is 7.11 Å². The van der Waals surface area contributed by atoms with Gasteiger partial charge in [0.25, 0.3) is 0 Å². The van der Waals surface area contributed by atoms with Crippen LogP contribution in [0.15, 0.2) is 18.2 Å². The van der Waals surface area contributed by atoms with Gasteiger partial charge in [-0.2, -0.15) is 0 Å². The predicted octanol–water partition coefficient (Wildman–Crippen LogP) is 3.26. The molecule has 0 spiro atoms. The topological polar surface area (TPSA) is 89.1 Å². The van der Waals surface area contributed by atoms with Crippen LogP contribution >= 0.6 is 0 Å². The Labute approximate surface area is 203 Å². The van der Waals surface area contributed by atoms with Crippen LogP contribution in [-0.4, -0.2) is 69.0 Å². The first-order chi connectivity index (χ1) is 16.4. The Kier molecular flexibility index (Phi) is 10.0. The molecular weight excluding hydrogens is 434 g/mol. The number of carbonyl (C=O) groups excluding carboxylic acids is 2. The van der Waals surface area contributed by atoms with Gasteiger partial charge in [0.05, 0.1) is 19.1 Å². The lowest BCUT2D eigenvalue weighted by Crippen LogP contribution is -2.53. The molecule has 190 valence electrons. The molecule has 1 aliphatic carbocycles.